The second kappa shape index (κ2) is 3.95. The van der Waals surface area contributed by atoms with Crippen LogP contribution < -0.4 is 0 Å². The Bertz CT molecular complexity index is 219. The van der Waals surface area contributed by atoms with Gasteiger partial charge in [0.25, 0.3) is 5.78 Å². The summed E-state index contributed by atoms with van der Waals surface area (Å²) in [6.45, 7) is 1.04. The molecule has 0 heterocycles. The van der Waals surface area contributed by atoms with E-state index in [0.717, 1.165) is 6.92 Å². The zero-order valence-electron chi connectivity index (χ0n) is 5.07. The highest BCUT2D eigenvalue weighted by atomic mass is 31.1. The van der Waals surface area contributed by atoms with E-state index in [2.05, 4.69) is 9.31 Å². The lowest BCUT2D eigenvalue weighted by molar-refractivity contribution is -0.118. The lowest BCUT2D eigenvalue weighted by Crippen LogP contribution is -2.11. The summed E-state index contributed by atoms with van der Waals surface area (Å²) in [6.07, 6.45) is 0. The lowest BCUT2D eigenvalue weighted by Gasteiger charge is -1.88. The van der Waals surface area contributed by atoms with Crippen LogP contribution in [0.4, 0.5) is 0 Å². The SMILES string of the molecule is CC(=O)C(=[N+]=[N-])O[PH](=O)O. The summed E-state index contributed by atoms with van der Waals surface area (Å²) in [5, 5.41) is 0. The summed E-state index contributed by atoms with van der Waals surface area (Å²) < 4.78 is 13.8. The molecule has 0 rings (SSSR count). The quantitative estimate of drug-likeness (QED) is 0.197. The van der Waals surface area contributed by atoms with Crippen molar-refractivity contribution >= 4 is 19.9 Å². The van der Waals surface area contributed by atoms with Crippen LogP contribution in [0, 0.1) is 0 Å². The minimum atomic E-state index is -3.25. The van der Waals surface area contributed by atoms with E-state index in [1.165, 1.54) is 0 Å². The Morgan fingerprint density at radius 1 is 1.80 bits per heavy atom. The summed E-state index contributed by atoms with van der Waals surface area (Å²) in [6, 6.07) is 0. The molecule has 6 nitrogen and oxygen atoms in total. The van der Waals surface area contributed by atoms with Crippen LogP contribution in [0.15, 0.2) is 0 Å². The molecular weight excluding hydrogens is 159 g/mol. The highest BCUT2D eigenvalue weighted by molar-refractivity contribution is 7.33. The number of hydrogen-bond acceptors (Lipinski definition) is 3. The summed E-state index contributed by atoms with van der Waals surface area (Å²) in [4.78, 5) is 20.7. The molecule has 0 aromatic rings. The van der Waals surface area contributed by atoms with Crippen molar-refractivity contribution in [1.29, 1.82) is 0 Å². The minimum absolute atomic E-state index is 0.713. The molecule has 56 valence electrons. The molecule has 0 aromatic carbocycles. The molecule has 1 unspecified atom stereocenters. The van der Waals surface area contributed by atoms with Crippen LogP contribution in [-0.4, -0.2) is 21.4 Å². The van der Waals surface area contributed by atoms with Crippen LogP contribution in [0.1, 0.15) is 6.92 Å². The van der Waals surface area contributed by atoms with Crippen molar-refractivity contribution in [3.05, 3.63) is 5.53 Å². The zero-order chi connectivity index (χ0) is 8.15. The van der Waals surface area contributed by atoms with Gasteiger partial charge in [-0.05, 0) is 0 Å². The van der Waals surface area contributed by atoms with Crippen molar-refractivity contribution in [2.45, 2.75) is 6.92 Å². The van der Waals surface area contributed by atoms with E-state index in [9.17, 15) is 9.36 Å². The van der Waals surface area contributed by atoms with Gasteiger partial charge in [0, 0.05) is 6.92 Å². The summed E-state index contributed by atoms with van der Waals surface area (Å²) in [5.41, 5.74) is 7.95. The molecule has 0 spiro atoms. The van der Waals surface area contributed by atoms with Gasteiger partial charge in [-0.1, -0.05) is 0 Å². The molecule has 0 aliphatic carbocycles. The molecule has 0 aromatic heterocycles. The van der Waals surface area contributed by atoms with Crippen LogP contribution in [-0.2, 0) is 13.9 Å². The molecule has 7 heteroatoms. The fourth-order valence-corrected chi connectivity index (χ4v) is 0.595. The number of nitrogens with zero attached hydrogens (tertiary/aromatic N) is 2. The Balaban J connectivity index is 4.27. The van der Waals surface area contributed by atoms with Crippen molar-refractivity contribution < 1.29 is 23.6 Å². The number of carbonyl (C=O) groups is 1. The number of rotatable bonds is 2. The van der Waals surface area contributed by atoms with Crippen LogP contribution in [0.2, 0.25) is 0 Å². The molecule has 0 amide bonds. The van der Waals surface area contributed by atoms with Gasteiger partial charge in [-0.2, -0.15) is 0 Å². The highest BCUT2D eigenvalue weighted by Crippen LogP contribution is 2.14. The van der Waals surface area contributed by atoms with Gasteiger partial charge in [-0.15, -0.1) is 4.79 Å². The van der Waals surface area contributed by atoms with E-state index in [-0.39, 0.29) is 0 Å². The fourth-order valence-electron chi connectivity index (χ4n) is 0.245. The van der Waals surface area contributed by atoms with Crippen molar-refractivity contribution in [2.24, 2.45) is 0 Å². The average molecular weight is 164 g/mol. The van der Waals surface area contributed by atoms with Crippen molar-refractivity contribution in [2.75, 3.05) is 0 Å². The van der Waals surface area contributed by atoms with E-state index >= 15 is 0 Å². The molecule has 1 N–H and O–H groups in total. The van der Waals surface area contributed by atoms with Gasteiger partial charge in [0.1, 0.15) is 0 Å². The van der Waals surface area contributed by atoms with Crippen LogP contribution in [0.5, 0.6) is 0 Å². The zero-order valence-corrected chi connectivity index (χ0v) is 6.07. The Morgan fingerprint density at radius 2 is 2.30 bits per heavy atom. The van der Waals surface area contributed by atoms with Crippen molar-refractivity contribution in [3.63, 3.8) is 0 Å². The molecule has 0 bridgehead atoms. The highest BCUT2D eigenvalue weighted by Gasteiger charge is 2.18. The van der Waals surface area contributed by atoms with Crippen molar-refractivity contribution in [1.82, 2.24) is 0 Å². The lowest BCUT2D eigenvalue weighted by atomic mass is 10.5. The Kier molecular flexibility index (Phi) is 3.57. The van der Waals surface area contributed by atoms with Gasteiger partial charge >= 0.3 is 14.2 Å². The first-order valence-corrected chi connectivity index (χ1v) is 3.48. The molecule has 0 saturated carbocycles. The summed E-state index contributed by atoms with van der Waals surface area (Å²) in [5.74, 6) is -1.47. The maximum absolute atomic E-state index is 10.3. The largest absolute Gasteiger partial charge is 0.524 e. The fraction of sp³-hybridized carbons (Fsp3) is 0.333. The molecule has 0 aliphatic heterocycles. The van der Waals surface area contributed by atoms with Gasteiger partial charge in [0.2, 0.25) is 0 Å². The first kappa shape index (κ1) is 9.04. The Hall–Kier alpha value is -0.960. The topological polar surface area (TPSA) is 100 Å². The van der Waals surface area contributed by atoms with Gasteiger partial charge in [0.05, 0.1) is 0 Å². The Labute approximate surface area is 57.0 Å². The normalized spacial score (nSPS) is 11.4. The minimum Gasteiger partial charge on any atom is -0.357 e. The second-order valence-electron chi connectivity index (χ2n) is 1.33. The molecule has 1 atom stereocenters. The van der Waals surface area contributed by atoms with E-state index in [0.29, 0.717) is 0 Å². The predicted molar refractivity (Wildman–Crippen MR) is 31.6 cm³/mol. The van der Waals surface area contributed by atoms with E-state index in [4.69, 9.17) is 10.4 Å². The van der Waals surface area contributed by atoms with E-state index < -0.39 is 19.9 Å². The number of Topliss-reactive ketones (excluding diaryl/α,β-unsaturated/α-hetero) is 1. The average Bonchev–Trinajstić information content (AvgIpc) is 1.81. The smallest absolute Gasteiger partial charge is 0.357 e. The van der Waals surface area contributed by atoms with Crippen LogP contribution in [0.3, 0.4) is 0 Å². The molecule has 0 radical (unpaired) electrons. The first-order chi connectivity index (χ1) is 4.57. The second-order valence-corrected chi connectivity index (χ2v) is 2.07. The molecular formula is C3H5N2O4P. The van der Waals surface area contributed by atoms with Crippen molar-refractivity contribution in [3.8, 4) is 0 Å². The van der Waals surface area contributed by atoms with Crippen LogP contribution in [0.25, 0.3) is 5.53 Å². The monoisotopic (exact) mass is 164 g/mol. The number of hydrogen-bond donors (Lipinski definition) is 1. The molecule has 0 fully saturated rings. The van der Waals surface area contributed by atoms with Gasteiger partial charge in [-0.25, -0.2) is 4.57 Å². The molecule has 10 heavy (non-hydrogen) atoms. The predicted octanol–water partition coefficient (Wildman–Crippen LogP) is -0.398. The Morgan fingerprint density at radius 3 is 2.40 bits per heavy atom. The van der Waals surface area contributed by atoms with Gasteiger partial charge in [-0.3, -0.25) is 4.79 Å². The maximum Gasteiger partial charge on any atom is 0.524 e. The van der Waals surface area contributed by atoms with Crippen LogP contribution >= 0.6 is 8.25 Å². The summed E-state index contributed by atoms with van der Waals surface area (Å²) in [7, 11) is -3.25. The van der Waals surface area contributed by atoms with Gasteiger partial charge in [0.15, 0.2) is 0 Å². The number of carbonyl (C=O) groups excluding carboxylic acids is 1. The maximum atomic E-state index is 10.3. The standard InChI is InChI=1S/C3H5N2O4P/c1-2(6)3(5-4)9-10(7)8/h10H,1H3,(H,7,8). The van der Waals surface area contributed by atoms with Gasteiger partial charge < -0.3 is 14.9 Å². The third-order valence-corrected chi connectivity index (χ3v) is 0.944. The third kappa shape index (κ3) is 3.14. The first-order valence-electron chi connectivity index (χ1n) is 2.21. The molecule has 0 saturated heterocycles. The van der Waals surface area contributed by atoms with E-state index in [1.807, 2.05) is 0 Å². The third-order valence-electron chi connectivity index (χ3n) is 0.576. The number of ketones is 1. The van der Waals surface area contributed by atoms with E-state index in [1.54, 1.807) is 0 Å². The summed E-state index contributed by atoms with van der Waals surface area (Å²) >= 11 is 0. The molecule has 0 aliphatic rings.